The second kappa shape index (κ2) is 12.1. The fourth-order valence-corrected chi connectivity index (χ4v) is 6.59. The van der Waals surface area contributed by atoms with Gasteiger partial charge in [0.25, 0.3) is 18.7 Å². The lowest BCUT2D eigenvalue weighted by Gasteiger charge is -2.49. The summed E-state index contributed by atoms with van der Waals surface area (Å²) in [6, 6.07) is -1.08. The van der Waals surface area contributed by atoms with Crippen LogP contribution in [0.3, 0.4) is 0 Å². The van der Waals surface area contributed by atoms with E-state index in [4.69, 9.17) is 11.5 Å². The third-order valence-corrected chi connectivity index (χ3v) is 8.50. The van der Waals surface area contributed by atoms with E-state index in [0.29, 0.717) is 16.4 Å². The molecule has 0 radical (unpaired) electrons. The predicted molar refractivity (Wildman–Crippen MR) is 151 cm³/mol. The number of oxime groups is 1. The van der Waals surface area contributed by atoms with Crippen LogP contribution >= 0.6 is 35.1 Å². The SMILES string of the molecule is NC(=O)CN1C=CN2NC(S/C=C/C3=C(C(=O)O)N4C(=O)[C@@H](NC(=O)/C(=N\OCF)c5nsc(N)n5)[C@@H]4SC3)=CC=C12. The van der Waals surface area contributed by atoms with E-state index in [1.54, 1.807) is 45.9 Å². The standard InChI is InChI=1S/C22H21FN10O6S3/c23-9-39-29-14(17-27-22(25)42-30-17)18(35)26-15-19(36)33-16(21(37)38)10(8-41-20(15)33)3-6-40-12-1-2-13-31(7-11(24)34)4-5-32(13)28-12/h1-6,15,20,28H,7-9H2,(H2,24,34)(H,26,35)(H,37,38)(H2,25,27,30)/b6-3+,29-14-/t15-,20+/m1/s1. The van der Waals surface area contributed by atoms with Gasteiger partial charge in [-0.3, -0.25) is 24.7 Å². The fraction of sp³-hybridized carbons (Fsp3) is 0.227. The minimum atomic E-state index is -1.32. The zero-order chi connectivity index (χ0) is 30.0. The van der Waals surface area contributed by atoms with E-state index in [1.165, 1.54) is 23.5 Å². The molecule has 4 aliphatic rings. The fourth-order valence-electron chi connectivity index (χ4n) is 4.16. The first-order valence-corrected chi connectivity index (χ1v) is 14.5. The molecule has 5 rings (SSSR count). The van der Waals surface area contributed by atoms with Gasteiger partial charge in [0.05, 0.1) is 5.03 Å². The molecule has 7 N–H and O–H groups in total. The number of carbonyl (C=O) groups is 4. The van der Waals surface area contributed by atoms with E-state index < -0.39 is 47.7 Å². The minimum absolute atomic E-state index is 0.0295. The molecular formula is C22H21FN10O6S3. The Hall–Kier alpha value is -4.56. The highest BCUT2D eigenvalue weighted by Gasteiger charge is 2.54. The average molecular weight is 637 g/mol. The van der Waals surface area contributed by atoms with Gasteiger partial charge in [0, 0.05) is 29.7 Å². The van der Waals surface area contributed by atoms with Crippen molar-refractivity contribution in [2.45, 2.75) is 11.4 Å². The number of carbonyl (C=O) groups excluding carboxylic acids is 3. The van der Waals surface area contributed by atoms with Crippen molar-refractivity contribution in [2.75, 3.05) is 24.9 Å². The second-order valence-electron chi connectivity index (χ2n) is 8.52. The van der Waals surface area contributed by atoms with Crippen LogP contribution in [-0.4, -0.2) is 89.2 Å². The maximum absolute atomic E-state index is 13.0. The number of aromatic nitrogens is 2. The van der Waals surface area contributed by atoms with E-state index in [-0.39, 0.29) is 29.0 Å². The van der Waals surface area contributed by atoms with Gasteiger partial charge < -0.3 is 31.6 Å². The summed E-state index contributed by atoms with van der Waals surface area (Å²) in [6.07, 6.45) is 8.63. The van der Waals surface area contributed by atoms with Crippen molar-refractivity contribution in [1.82, 2.24) is 34.9 Å². The van der Waals surface area contributed by atoms with E-state index in [2.05, 4.69) is 30.1 Å². The number of hydrogen-bond acceptors (Lipinski definition) is 15. The Bertz CT molecular complexity index is 1520. The number of nitrogens with zero attached hydrogens (tertiary/aromatic N) is 6. The van der Waals surface area contributed by atoms with Gasteiger partial charge in [-0.05, 0) is 29.2 Å². The number of alkyl halides is 1. The van der Waals surface area contributed by atoms with Crippen LogP contribution in [0, 0.1) is 0 Å². The molecule has 0 unspecified atom stereocenters. The number of hydrogen-bond donors (Lipinski definition) is 5. The molecule has 0 aromatic carbocycles. The molecule has 1 aromatic rings. The molecule has 0 bridgehead atoms. The number of anilines is 1. The smallest absolute Gasteiger partial charge is 0.352 e. The number of amides is 3. The summed E-state index contributed by atoms with van der Waals surface area (Å²) in [6.45, 7) is -1.29. The van der Waals surface area contributed by atoms with Crippen LogP contribution in [0.4, 0.5) is 9.52 Å². The number of nitrogens with two attached hydrogens (primary N) is 2. The number of carboxylic acids is 1. The van der Waals surface area contributed by atoms with Crippen molar-refractivity contribution in [1.29, 1.82) is 0 Å². The van der Waals surface area contributed by atoms with Gasteiger partial charge in [0.1, 0.15) is 29.5 Å². The summed E-state index contributed by atoms with van der Waals surface area (Å²) < 4.78 is 16.4. The molecule has 5 heterocycles. The molecule has 1 aromatic heterocycles. The highest BCUT2D eigenvalue weighted by Crippen LogP contribution is 2.41. The number of thioether (sulfide) groups is 2. The Morgan fingerprint density at radius 3 is 2.86 bits per heavy atom. The van der Waals surface area contributed by atoms with Gasteiger partial charge in [-0.15, -0.1) is 11.8 Å². The molecule has 0 saturated carbocycles. The van der Waals surface area contributed by atoms with E-state index in [1.807, 2.05) is 0 Å². The zero-order valence-electron chi connectivity index (χ0n) is 21.2. The highest BCUT2D eigenvalue weighted by atomic mass is 32.2. The van der Waals surface area contributed by atoms with Crippen LogP contribution in [-0.2, 0) is 24.0 Å². The van der Waals surface area contributed by atoms with E-state index in [0.717, 1.165) is 16.4 Å². The number of aliphatic carboxylic acids is 1. The monoisotopic (exact) mass is 636 g/mol. The molecular weight excluding hydrogens is 616 g/mol. The van der Waals surface area contributed by atoms with Crippen LogP contribution in [0.1, 0.15) is 5.82 Å². The normalized spacial score (nSPS) is 21.4. The van der Waals surface area contributed by atoms with Crippen molar-refractivity contribution in [2.24, 2.45) is 10.9 Å². The van der Waals surface area contributed by atoms with Gasteiger partial charge in [0.2, 0.25) is 17.4 Å². The predicted octanol–water partition coefficient (Wildman–Crippen LogP) is -0.471. The minimum Gasteiger partial charge on any atom is -0.477 e. The Labute approximate surface area is 248 Å². The van der Waals surface area contributed by atoms with Gasteiger partial charge in [-0.25, -0.2) is 14.2 Å². The van der Waals surface area contributed by atoms with Gasteiger partial charge in [-0.1, -0.05) is 16.9 Å². The first-order chi connectivity index (χ1) is 20.2. The molecule has 0 aliphatic carbocycles. The number of hydrazine groups is 1. The Morgan fingerprint density at radius 2 is 2.17 bits per heavy atom. The number of allylic oxidation sites excluding steroid dienone is 3. The van der Waals surface area contributed by atoms with Crippen LogP contribution in [0.15, 0.2) is 63.3 Å². The van der Waals surface area contributed by atoms with E-state index >= 15 is 0 Å². The first kappa shape index (κ1) is 29.0. The summed E-state index contributed by atoms with van der Waals surface area (Å²) in [5, 5.41) is 19.2. The summed E-state index contributed by atoms with van der Waals surface area (Å²) >= 11 is 3.32. The van der Waals surface area contributed by atoms with Crippen molar-refractivity contribution in [3.05, 3.63) is 64.0 Å². The average Bonchev–Trinajstić information content (AvgIpc) is 3.56. The van der Waals surface area contributed by atoms with Crippen LogP contribution < -0.4 is 22.2 Å². The first-order valence-electron chi connectivity index (χ1n) is 11.8. The third kappa shape index (κ3) is 5.76. The van der Waals surface area contributed by atoms with Crippen molar-refractivity contribution in [3.63, 3.8) is 0 Å². The van der Waals surface area contributed by atoms with Gasteiger partial charge >= 0.3 is 5.97 Å². The van der Waals surface area contributed by atoms with Crippen molar-refractivity contribution >= 4 is 69.6 Å². The molecule has 0 spiro atoms. The maximum atomic E-state index is 13.0. The lowest BCUT2D eigenvalue weighted by atomic mass is 10.0. The second-order valence-corrected chi connectivity index (χ2v) is 11.4. The maximum Gasteiger partial charge on any atom is 0.352 e. The number of β-lactam (4-membered cyclic amide) rings is 1. The molecule has 3 amide bonds. The number of fused-ring (bicyclic) bond motifs is 2. The lowest BCUT2D eigenvalue weighted by Crippen LogP contribution is -2.71. The molecule has 1 saturated heterocycles. The molecule has 4 aliphatic heterocycles. The molecule has 220 valence electrons. The number of carboxylic acid groups (broad SMARTS) is 1. The van der Waals surface area contributed by atoms with Crippen molar-refractivity contribution < 1.29 is 33.5 Å². The molecule has 42 heavy (non-hydrogen) atoms. The molecule has 20 heteroatoms. The molecule has 1 fully saturated rings. The van der Waals surface area contributed by atoms with Crippen LogP contribution in [0.2, 0.25) is 0 Å². The number of nitrogens with one attached hydrogen (secondary N) is 2. The third-order valence-electron chi connectivity index (χ3n) is 5.90. The summed E-state index contributed by atoms with van der Waals surface area (Å²) in [7, 11) is 0. The summed E-state index contributed by atoms with van der Waals surface area (Å²) in [4.78, 5) is 60.2. The number of halogens is 1. The quantitative estimate of drug-likeness (QED) is 0.118. The number of rotatable bonds is 11. The largest absolute Gasteiger partial charge is 0.477 e. The summed E-state index contributed by atoms with van der Waals surface area (Å²) in [5.41, 5.74) is 13.7. The van der Waals surface area contributed by atoms with Crippen LogP contribution in [0.25, 0.3) is 0 Å². The number of primary amides is 1. The van der Waals surface area contributed by atoms with Crippen molar-refractivity contribution in [3.8, 4) is 0 Å². The Balaban J connectivity index is 1.25. The van der Waals surface area contributed by atoms with Crippen LogP contribution in [0.5, 0.6) is 0 Å². The highest BCUT2D eigenvalue weighted by molar-refractivity contribution is 8.05. The lowest BCUT2D eigenvalue weighted by molar-refractivity contribution is -0.150. The topological polar surface area (TPSA) is 222 Å². The zero-order valence-corrected chi connectivity index (χ0v) is 23.6. The van der Waals surface area contributed by atoms with Gasteiger partial charge in [-0.2, -0.15) is 9.36 Å². The Kier molecular flexibility index (Phi) is 8.36. The summed E-state index contributed by atoms with van der Waals surface area (Å²) in [5.74, 6) is -2.60. The Morgan fingerprint density at radius 1 is 1.36 bits per heavy atom. The molecule has 2 atom stereocenters. The molecule has 16 nitrogen and oxygen atoms in total. The number of nitrogen functional groups attached to an aromatic ring is 1. The van der Waals surface area contributed by atoms with Gasteiger partial charge in [0.15, 0.2) is 5.13 Å². The van der Waals surface area contributed by atoms with E-state index in [9.17, 15) is 28.7 Å².